The Labute approximate surface area is 83.3 Å². The molecule has 0 spiro atoms. The van der Waals surface area contributed by atoms with E-state index in [1.165, 1.54) is 0 Å². The minimum Gasteiger partial charge on any atom is -0.481 e. The van der Waals surface area contributed by atoms with E-state index in [2.05, 4.69) is 10.3 Å². The first-order chi connectivity index (χ1) is 6.49. The molecule has 4 nitrogen and oxygen atoms in total. The number of nitrogens with one attached hydrogen (secondary N) is 2. The van der Waals surface area contributed by atoms with Crippen molar-refractivity contribution < 1.29 is 9.90 Å². The van der Waals surface area contributed by atoms with Crippen molar-refractivity contribution in [3.8, 4) is 0 Å². The van der Waals surface area contributed by atoms with Crippen LogP contribution in [-0.4, -0.2) is 22.6 Å². The number of carboxylic acid groups (broad SMARTS) is 1. The lowest BCUT2D eigenvalue weighted by Gasteiger charge is -2.22. The van der Waals surface area contributed by atoms with Gasteiger partial charge in [-0.25, -0.2) is 0 Å². The second-order valence-electron chi connectivity index (χ2n) is 4.19. The minimum atomic E-state index is -0.758. The molecule has 0 fully saturated rings. The number of rotatable bonds is 5. The molecule has 4 heteroatoms. The first-order valence-corrected chi connectivity index (χ1v) is 4.58. The summed E-state index contributed by atoms with van der Waals surface area (Å²) < 4.78 is 0. The van der Waals surface area contributed by atoms with Crippen molar-refractivity contribution in [3.63, 3.8) is 0 Å². The first kappa shape index (κ1) is 10.6. The minimum absolute atomic E-state index is 0.171. The van der Waals surface area contributed by atoms with Gasteiger partial charge in [-0.05, 0) is 11.5 Å². The highest BCUT2D eigenvalue weighted by atomic mass is 16.4. The average molecular weight is 196 g/mol. The van der Waals surface area contributed by atoms with Gasteiger partial charge in [0.1, 0.15) is 0 Å². The fourth-order valence-electron chi connectivity index (χ4n) is 1.25. The summed E-state index contributed by atoms with van der Waals surface area (Å²) in [6.07, 6.45) is 3.84. The Bertz CT molecular complexity index is 291. The predicted molar refractivity (Wildman–Crippen MR) is 55.3 cm³/mol. The highest BCUT2D eigenvalue weighted by molar-refractivity contribution is 5.67. The van der Waals surface area contributed by atoms with Crippen LogP contribution in [0.2, 0.25) is 0 Å². The predicted octanol–water partition coefficient (Wildman–Crippen LogP) is 1.93. The number of H-pyrrole nitrogens is 1. The monoisotopic (exact) mass is 196 g/mol. The lowest BCUT2D eigenvalue weighted by molar-refractivity contribution is -0.139. The van der Waals surface area contributed by atoms with Crippen LogP contribution in [0.3, 0.4) is 0 Å². The SMILES string of the molecule is CC(C)(CNc1cc[nH]c1)CC(=O)O. The fourth-order valence-corrected chi connectivity index (χ4v) is 1.25. The van der Waals surface area contributed by atoms with Gasteiger partial charge in [-0.15, -0.1) is 0 Å². The third-order valence-electron chi connectivity index (χ3n) is 2.00. The third-order valence-corrected chi connectivity index (χ3v) is 2.00. The van der Waals surface area contributed by atoms with E-state index in [1.807, 2.05) is 32.3 Å². The van der Waals surface area contributed by atoms with Crippen LogP contribution in [0.4, 0.5) is 5.69 Å². The number of carbonyl (C=O) groups is 1. The third kappa shape index (κ3) is 3.51. The van der Waals surface area contributed by atoms with Gasteiger partial charge in [0, 0.05) is 18.9 Å². The van der Waals surface area contributed by atoms with Gasteiger partial charge in [-0.3, -0.25) is 4.79 Å². The summed E-state index contributed by atoms with van der Waals surface area (Å²) in [6.45, 7) is 4.51. The maximum Gasteiger partial charge on any atom is 0.303 e. The Balaban J connectivity index is 2.40. The molecule has 14 heavy (non-hydrogen) atoms. The standard InChI is InChI=1S/C10H16N2O2/c1-10(2,5-9(13)14)7-12-8-3-4-11-6-8/h3-4,6,11-12H,5,7H2,1-2H3,(H,13,14). The van der Waals surface area contributed by atoms with Gasteiger partial charge in [0.15, 0.2) is 0 Å². The van der Waals surface area contributed by atoms with E-state index in [0.717, 1.165) is 5.69 Å². The molecule has 0 atom stereocenters. The van der Waals surface area contributed by atoms with Crippen LogP contribution in [0.1, 0.15) is 20.3 Å². The van der Waals surface area contributed by atoms with Gasteiger partial charge in [0.05, 0.1) is 12.1 Å². The van der Waals surface area contributed by atoms with E-state index < -0.39 is 5.97 Å². The van der Waals surface area contributed by atoms with Gasteiger partial charge >= 0.3 is 5.97 Å². The second kappa shape index (κ2) is 4.17. The Morgan fingerprint density at radius 3 is 2.86 bits per heavy atom. The maximum absolute atomic E-state index is 10.5. The number of hydrogen-bond donors (Lipinski definition) is 3. The van der Waals surface area contributed by atoms with Crippen LogP contribution in [0.25, 0.3) is 0 Å². The Morgan fingerprint density at radius 2 is 2.36 bits per heavy atom. The molecule has 0 radical (unpaired) electrons. The topological polar surface area (TPSA) is 65.1 Å². The van der Waals surface area contributed by atoms with E-state index in [1.54, 1.807) is 0 Å². The van der Waals surface area contributed by atoms with Crippen LogP contribution >= 0.6 is 0 Å². The summed E-state index contributed by atoms with van der Waals surface area (Å²) >= 11 is 0. The molecule has 3 N–H and O–H groups in total. The lowest BCUT2D eigenvalue weighted by Crippen LogP contribution is -2.25. The van der Waals surface area contributed by atoms with Gasteiger partial charge in [0.25, 0.3) is 0 Å². The molecular weight excluding hydrogens is 180 g/mol. The lowest BCUT2D eigenvalue weighted by atomic mass is 9.89. The molecule has 1 aromatic heterocycles. The molecule has 0 bridgehead atoms. The van der Waals surface area contributed by atoms with Crippen molar-refractivity contribution in [2.24, 2.45) is 5.41 Å². The number of anilines is 1. The Kier molecular flexibility index (Phi) is 3.17. The van der Waals surface area contributed by atoms with Crippen molar-refractivity contribution >= 4 is 11.7 Å². The maximum atomic E-state index is 10.5. The van der Waals surface area contributed by atoms with Crippen LogP contribution in [0.15, 0.2) is 18.5 Å². The summed E-state index contributed by atoms with van der Waals surface area (Å²) in [5.74, 6) is -0.758. The van der Waals surface area contributed by atoms with Crippen molar-refractivity contribution in [3.05, 3.63) is 18.5 Å². The van der Waals surface area contributed by atoms with E-state index >= 15 is 0 Å². The molecule has 1 heterocycles. The summed E-state index contributed by atoms with van der Waals surface area (Å²) in [4.78, 5) is 13.5. The first-order valence-electron chi connectivity index (χ1n) is 4.58. The summed E-state index contributed by atoms with van der Waals surface area (Å²) in [6, 6.07) is 1.91. The van der Waals surface area contributed by atoms with Crippen LogP contribution in [0, 0.1) is 5.41 Å². The number of aromatic amines is 1. The Morgan fingerprint density at radius 1 is 1.64 bits per heavy atom. The molecule has 0 saturated carbocycles. The van der Waals surface area contributed by atoms with E-state index in [0.29, 0.717) is 6.54 Å². The molecular formula is C10H16N2O2. The van der Waals surface area contributed by atoms with E-state index in [-0.39, 0.29) is 11.8 Å². The van der Waals surface area contributed by atoms with Gasteiger partial charge < -0.3 is 15.4 Å². The average Bonchev–Trinajstić information content (AvgIpc) is 2.50. The molecule has 0 amide bonds. The largest absolute Gasteiger partial charge is 0.481 e. The van der Waals surface area contributed by atoms with Gasteiger partial charge in [-0.1, -0.05) is 13.8 Å². The zero-order valence-corrected chi connectivity index (χ0v) is 8.50. The second-order valence-corrected chi connectivity index (χ2v) is 4.19. The molecule has 0 aromatic carbocycles. The van der Waals surface area contributed by atoms with Crippen molar-refractivity contribution in [2.45, 2.75) is 20.3 Å². The smallest absolute Gasteiger partial charge is 0.303 e. The molecule has 78 valence electrons. The molecule has 0 unspecified atom stereocenters. The summed E-state index contributed by atoms with van der Waals surface area (Å²) in [7, 11) is 0. The van der Waals surface area contributed by atoms with Crippen LogP contribution in [-0.2, 0) is 4.79 Å². The summed E-state index contributed by atoms with van der Waals surface area (Å²) in [5.41, 5.74) is 0.756. The molecule has 0 aliphatic heterocycles. The zero-order chi connectivity index (χ0) is 10.6. The number of carboxylic acids is 1. The summed E-state index contributed by atoms with van der Waals surface area (Å²) in [5, 5.41) is 11.8. The van der Waals surface area contributed by atoms with Gasteiger partial charge in [-0.2, -0.15) is 0 Å². The number of hydrogen-bond acceptors (Lipinski definition) is 2. The quantitative estimate of drug-likeness (QED) is 0.674. The van der Waals surface area contributed by atoms with Gasteiger partial charge in [0.2, 0.25) is 0 Å². The molecule has 1 rings (SSSR count). The molecule has 1 aromatic rings. The molecule has 0 aliphatic carbocycles. The normalized spacial score (nSPS) is 11.3. The van der Waals surface area contributed by atoms with Crippen molar-refractivity contribution in [2.75, 3.05) is 11.9 Å². The van der Waals surface area contributed by atoms with Crippen LogP contribution < -0.4 is 5.32 Å². The van der Waals surface area contributed by atoms with E-state index in [4.69, 9.17) is 5.11 Å². The fraction of sp³-hybridized carbons (Fsp3) is 0.500. The number of aromatic nitrogens is 1. The zero-order valence-electron chi connectivity index (χ0n) is 8.50. The highest BCUT2D eigenvalue weighted by Crippen LogP contribution is 2.20. The van der Waals surface area contributed by atoms with E-state index in [9.17, 15) is 4.79 Å². The highest BCUT2D eigenvalue weighted by Gasteiger charge is 2.21. The molecule has 0 saturated heterocycles. The Hall–Kier alpha value is -1.45. The number of aliphatic carboxylic acids is 1. The van der Waals surface area contributed by atoms with Crippen LogP contribution in [0.5, 0.6) is 0 Å². The van der Waals surface area contributed by atoms with Crippen molar-refractivity contribution in [1.29, 1.82) is 0 Å². The molecule has 0 aliphatic rings. The van der Waals surface area contributed by atoms with Crippen molar-refractivity contribution in [1.82, 2.24) is 4.98 Å².